The predicted octanol–water partition coefficient (Wildman–Crippen LogP) is 3.66. The van der Waals surface area contributed by atoms with Gasteiger partial charge in [0.15, 0.2) is 0 Å². The van der Waals surface area contributed by atoms with Gasteiger partial charge in [0.1, 0.15) is 0 Å². The third-order valence-corrected chi connectivity index (χ3v) is 4.58. The van der Waals surface area contributed by atoms with Gasteiger partial charge in [-0.05, 0) is 48.8 Å². The second-order valence-corrected chi connectivity index (χ2v) is 6.82. The van der Waals surface area contributed by atoms with Crippen molar-refractivity contribution >= 4 is 24.0 Å². The summed E-state index contributed by atoms with van der Waals surface area (Å²) >= 11 is 0. The molecule has 0 aliphatic heterocycles. The van der Waals surface area contributed by atoms with Gasteiger partial charge in [-0.3, -0.25) is 4.79 Å². The highest BCUT2D eigenvalue weighted by Gasteiger charge is 2.30. The molecule has 21 heavy (non-hydrogen) atoms. The fourth-order valence-corrected chi connectivity index (χ4v) is 2.91. The molecule has 1 saturated carbocycles. The summed E-state index contributed by atoms with van der Waals surface area (Å²) in [7, 11) is 1.95. The van der Waals surface area contributed by atoms with Gasteiger partial charge in [-0.1, -0.05) is 26.0 Å². The molecule has 1 aliphatic rings. The summed E-state index contributed by atoms with van der Waals surface area (Å²) in [5.74, 6) is 0.208. The van der Waals surface area contributed by atoms with Gasteiger partial charge in [-0.15, -0.1) is 12.4 Å². The average Bonchev–Trinajstić information content (AvgIpc) is 2.40. The van der Waals surface area contributed by atoms with E-state index < -0.39 is 0 Å². The number of anilines is 1. The highest BCUT2D eigenvalue weighted by atomic mass is 35.5. The first kappa shape index (κ1) is 17.8. The number of nitrogens with two attached hydrogens (primary N) is 1. The quantitative estimate of drug-likeness (QED) is 0.866. The molecule has 0 bridgehead atoms. The fraction of sp³-hybridized carbons (Fsp3) is 0.588. The van der Waals surface area contributed by atoms with Crippen molar-refractivity contribution in [2.75, 3.05) is 12.8 Å². The highest BCUT2D eigenvalue weighted by Crippen LogP contribution is 2.36. The Morgan fingerprint density at radius 2 is 1.76 bits per heavy atom. The highest BCUT2D eigenvalue weighted by molar-refractivity contribution is 5.85. The van der Waals surface area contributed by atoms with Crippen molar-refractivity contribution in [3.05, 3.63) is 29.8 Å². The molecule has 0 spiro atoms. The maximum atomic E-state index is 12.4. The van der Waals surface area contributed by atoms with E-state index in [0.29, 0.717) is 17.9 Å². The van der Waals surface area contributed by atoms with Crippen molar-refractivity contribution in [3.8, 4) is 0 Å². The number of hydrogen-bond acceptors (Lipinski definition) is 2. The molecule has 0 heterocycles. The van der Waals surface area contributed by atoms with Gasteiger partial charge in [0.2, 0.25) is 5.91 Å². The molecule has 1 aromatic rings. The smallest absolute Gasteiger partial charge is 0.226 e. The number of amides is 1. The van der Waals surface area contributed by atoms with Crippen molar-refractivity contribution in [2.24, 2.45) is 5.41 Å². The number of rotatable bonds is 3. The van der Waals surface area contributed by atoms with Gasteiger partial charge in [-0.2, -0.15) is 0 Å². The number of halogens is 1. The van der Waals surface area contributed by atoms with Gasteiger partial charge in [0.25, 0.3) is 0 Å². The number of hydrogen-bond donors (Lipinski definition) is 1. The normalized spacial score (nSPS) is 17.9. The zero-order valence-corrected chi connectivity index (χ0v) is 14.1. The molecule has 0 aromatic heterocycles. The molecular weight excluding hydrogens is 284 g/mol. The van der Waals surface area contributed by atoms with Gasteiger partial charge in [0, 0.05) is 18.8 Å². The number of benzene rings is 1. The Labute approximate surface area is 134 Å². The third-order valence-electron chi connectivity index (χ3n) is 4.58. The molecule has 2 N–H and O–H groups in total. The van der Waals surface area contributed by atoms with E-state index in [1.54, 1.807) is 0 Å². The van der Waals surface area contributed by atoms with Crippen LogP contribution in [0.5, 0.6) is 0 Å². The van der Waals surface area contributed by atoms with Gasteiger partial charge < -0.3 is 10.6 Å². The monoisotopic (exact) mass is 310 g/mol. The lowest BCUT2D eigenvalue weighted by Crippen LogP contribution is -2.41. The standard InChI is InChI=1S/C17H26N2O.ClH/c1-17(2)10-8-15(9-11-17)19(3)16(20)12-13-4-6-14(18)7-5-13;/h4-7,15H,8-12,18H2,1-3H3;1H. The zero-order valence-electron chi connectivity index (χ0n) is 13.3. The van der Waals surface area contributed by atoms with E-state index in [4.69, 9.17) is 5.73 Å². The molecule has 4 heteroatoms. The SMILES string of the molecule is CN(C(=O)Cc1ccc(N)cc1)C1CCC(C)(C)CC1.Cl. The number of likely N-dealkylation sites (N-methyl/N-ethyl adjacent to an activating group) is 1. The van der Waals surface area contributed by atoms with Crippen molar-refractivity contribution in [3.63, 3.8) is 0 Å². The Morgan fingerprint density at radius 1 is 1.24 bits per heavy atom. The summed E-state index contributed by atoms with van der Waals surface area (Å²) < 4.78 is 0. The summed E-state index contributed by atoms with van der Waals surface area (Å²) in [6, 6.07) is 7.98. The van der Waals surface area contributed by atoms with E-state index in [1.807, 2.05) is 36.2 Å². The van der Waals surface area contributed by atoms with Crippen molar-refractivity contribution in [1.29, 1.82) is 0 Å². The first-order valence-electron chi connectivity index (χ1n) is 7.47. The van der Waals surface area contributed by atoms with Crippen LogP contribution in [0.1, 0.15) is 45.1 Å². The van der Waals surface area contributed by atoms with Crippen LogP contribution >= 0.6 is 12.4 Å². The van der Waals surface area contributed by atoms with Crippen LogP contribution in [-0.2, 0) is 11.2 Å². The van der Waals surface area contributed by atoms with Gasteiger partial charge in [0.05, 0.1) is 6.42 Å². The molecule has 118 valence electrons. The van der Waals surface area contributed by atoms with Crippen molar-refractivity contribution in [1.82, 2.24) is 4.90 Å². The molecule has 3 nitrogen and oxygen atoms in total. The van der Waals surface area contributed by atoms with E-state index in [-0.39, 0.29) is 18.3 Å². The Balaban J connectivity index is 0.00000220. The van der Waals surface area contributed by atoms with E-state index in [1.165, 1.54) is 12.8 Å². The molecule has 1 aromatic carbocycles. The Kier molecular flexibility index (Phi) is 6.09. The lowest BCUT2D eigenvalue weighted by Gasteiger charge is -2.38. The summed E-state index contributed by atoms with van der Waals surface area (Å²) in [4.78, 5) is 14.3. The molecule has 1 fully saturated rings. The van der Waals surface area contributed by atoms with E-state index in [9.17, 15) is 4.79 Å². The zero-order chi connectivity index (χ0) is 14.8. The number of carbonyl (C=O) groups is 1. The fourth-order valence-electron chi connectivity index (χ4n) is 2.91. The summed E-state index contributed by atoms with van der Waals surface area (Å²) in [5, 5.41) is 0. The Morgan fingerprint density at radius 3 is 2.29 bits per heavy atom. The molecule has 1 amide bonds. The first-order chi connectivity index (χ1) is 9.37. The second kappa shape index (κ2) is 7.17. The number of nitrogens with zero attached hydrogens (tertiary/aromatic N) is 1. The minimum atomic E-state index is 0. The molecule has 0 radical (unpaired) electrons. The number of nitrogen functional groups attached to an aromatic ring is 1. The van der Waals surface area contributed by atoms with Crippen LogP contribution in [0, 0.1) is 5.41 Å². The number of carbonyl (C=O) groups excluding carboxylic acids is 1. The van der Waals surface area contributed by atoms with Gasteiger partial charge in [-0.25, -0.2) is 0 Å². The lowest BCUT2D eigenvalue weighted by atomic mass is 9.75. The van der Waals surface area contributed by atoms with Crippen LogP contribution in [0.3, 0.4) is 0 Å². The maximum absolute atomic E-state index is 12.4. The molecule has 1 aliphatic carbocycles. The summed E-state index contributed by atoms with van der Waals surface area (Å²) in [6.45, 7) is 4.64. The van der Waals surface area contributed by atoms with Crippen LogP contribution in [0.4, 0.5) is 5.69 Å². The summed E-state index contributed by atoms with van der Waals surface area (Å²) in [6.07, 6.45) is 5.12. The molecule has 2 rings (SSSR count). The minimum Gasteiger partial charge on any atom is -0.399 e. The van der Waals surface area contributed by atoms with Crippen LogP contribution in [-0.4, -0.2) is 23.9 Å². The molecule has 0 unspecified atom stereocenters. The Hall–Kier alpha value is -1.22. The Bertz CT molecular complexity index is 460. The lowest BCUT2D eigenvalue weighted by molar-refractivity contribution is -0.132. The minimum absolute atomic E-state index is 0. The maximum Gasteiger partial charge on any atom is 0.226 e. The summed E-state index contributed by atoms with van der Waals surface area (Å²) in [5.41, 5.74) is 7.88. The van der Waals surface area contributed by atoms with E-state index in [2.05, 4.69) is 13.8 Å². The topological polar surface area (TPSA) is 46.3 Å². The van der Waals surface area contributed by atoms with E-state index >= 15 is 0 Å². The van der Waals surface area contributed by atoms with Crippen molar-refractivity contribution < 1.29 is 4.79 Å². The third kappa shape index (κ3) is 4.92. The second-order valence-electron chi connectivity index (χ2n) is 6.82. The van der Waals surface area contributed by atoms with Crippen LogP contribution in [0.25, 0.3) is 0 Å². The van der Waals surface area contributed by atoms with Crippen molar-refractivity contribution in [2.45, 2.75) is 52.0 Å². The predicted molar refractivity (Wildman–Crippen MR) is 90.6 cm³/mol. The molecular formula is C17H27ClN2O. The largest absolute Gasteiger partial charge is 0.399 e. The first-order valence-corrected chi connectivity index (χ1v) is 7.47. The van der Waals surface area contributed by atoms with Crippen LogP contribution < -0.4 is 5.73 Å². The van der Waals surface area contributed by atoms with Crippen LogP contribution in [0.15, 0.2) is 24.3 Å². The van der Waals surface area contributed by atoms with E-state index in [0.717, 1.165) is 24.1 Å². The molecule has 0 atom stereocenters. The van der Waals surface area contributed by atoms with Crippen LogP contribution in [0.2, 0.25) is 0 Å². The molecule has 0 saturated heterocycles. The van der Waals surface area contributed by atoms with Gasteiger partial charge >= 0.3 is 0 Å². The average molecular weight is 311 g/mol.